The van der Waals surface area contributed by atoms with Crippen molar-refractivity contribution < 1.29 is 13.7 Å². The first-order valence-electron chi connectivity index (χ1n) is 9.24. The Kier molecular flexibility index (Phi) is 5.82. The van der Waals surface area contributed by atoms with Gasteiger partial charge in [-0.15, -0.1) is 11.3 Å². The van der Waals surface area contributed by atoms with Crippen molar-refractivity contribution in [2.75, 3.05) is 6.61 Å². The molecule has 0 N–H and O–H groups in total. The van der Waals surface area contributed by atoms with Gasteiger partial charge in [-0.3, -0.25) is 9.59 Å². The molecule has 2 heterocycles. The molecule has 0 aliphatic carbocycles. The third kappa shape index (κ3) is 4.07. The number of hydrogen-bond donors (Lipinski definition) is 0. The highest BCUT2D eigenvalue weighted by molar-refractivity contribution is 7.65. The number of carbonyl (C=O) groups is 1. The van der Waals surface area contributed by atoms with Gasteiger partial charge < -0.3 is 4.74 Å². The molecule has 4 rings (SSSR count). The predicted molar refractivity (Wildman–Crippen MR) is 118 cm³/mol. The van der Waals surface area contributed by atoms with Gasteiger partial charge in [0.25, 0.3) is 5.56 Å². The zero-order valence-corrected chi connectivity index (χ0v) is 17.7. The molecule has 0 aliphatic heterocycles. The van der Waals surface area contributed by atoms with Crippen molar-refractivity contribution in [3.05, 3.63) is 69.1 Å². The molecular weight excluding hydrogens is 422 g/mol. The predicted octanol–water partition coefficient (Wildman–Crippen LogP) is 2.52. The van der Waals surface area contributed by atoms with E-state index in [-0.39, 0.29) is 31.1 Å². The molecule has 30 heavy (non-hydrogen) atoms. The van der Waals surface area contributed by atoms with Crippen molar-refractivity contribution in [1.82, 2.24) is 14.8 Å². The Morgan fingerprint density at radius 3 is 2.80 bits per heavy atom. The summed E-state index contributed by atoms with van der Waals surface area (Å²) in [4.78, 5) is 29.6. The average molecular weight is 440 g/mol. The van der Waals surface area contributed by atoms with E-state index in [2.05, 4.69) is 10.1 Å². The van der Waals surface area contributed by atoms with Gasteiger partial charge >= 0.3 is 5.97 Å². The second-order valence-corrected chi connectivity index (χ2v) is 8.03. The van der Waals surface area contributed by atoms with Crippen LogP contribution in [0.3, 0.4) is 0 Å². The molecular formula is C21H17N3O4S2. The van der Waals surface area contributed by atoms with Crippen LogP contribution in [0.1, 0.15) is 23.2 Å². The first-order chi connectivity index (χ1) is 14.6. The molecule has 9 heteroatoms. The smallest absolute Gasteiger partial charge is 0.311 e. The van der Waals surface area contributed by atoms with E-state index >= 15 is 0 Å². The second kappa shape index (κ2) is 8.68. The molecule has 0 fully saturated rings. The number of thiazole rings is 1. The Labute approximate surface area is 179 Å². The third-order valence-electron chi connectivity index (χ3n) is 4.49. The van der Waals surface area contributed by atoms with Gasteiger partial charge in [-0.25, -0.2) is 13.9 Å². The van der Waals surface area contributed by atoms with Crippen LogP contribution in [0, 0.1) is 0 Å². The first-order valence-corrected chi connectivity index (χ1v) is 10.9. The fourth-order valence-electron chi connectivity index (χ4n) is 3.21. The molecule has 4 aromatic rings. The zero-order chi connectivity index (χ0) is 21.1. The number of hydrogen-bond acceptors (Lipinski definition) is 7. The molecule has 0 spiro atoms. The molecule has 2 aromatic carbocycles. The maximum atomic E-state index is 13.0. The summed E-state index contributed by atoms with van der Waals surface area (Å²) in [5.74, 6) is -0.389. The van der Waals surface area contributed by atoms with E-state index in [1.165, 1.54) is 21.4 Å². The molecule has 0 atom stereocenters. The number of esters is 1. The van der Waals surface area contributed by atoms with Crippen molar-refractivity contribution in [2.24, 2.45) is 0 Å². The normalized spacial score (nSPS) is 11.0. The fraction of sp³-hybridized carbons (Fsp3) is 0.190. The van der Waals surface area contributed by atoms with Crippen LogP contribution in [0.2, 0.25) is 0 Å². The van der Waals surface area contributed by atoms with Crippen LogP contribution in [-0.2, 0) is 33.8 Å². The molecule has 152 valence electrons. The molecule has 0 saturated heterocycles. The number of nitrogens with zero attached hydrogens (tertiary/aromatic N) is 3. The van der Waals surface area contributed by atoms with E-state index in [0.717, 1.165) is 15.8 Å². The quantitative estimate of drug-likeness (QED) is 0.339. The SMILES string of the molecule is CCOC(=O)Cc1nn(Cc2nc3cc(C=S=O)ccc3s2)c(=O)c2ccccc12. The summed E-state index contributed by atoms with van der Waals surface area (Å²) in [5.41, 5.74) is 1.80. The highest BCUT2D eigenvalue weighted by Crippen LogP contribution is 2.23. The van der Waals surface area contributed by atoms with Crippen molar-refractivity contribution >= 4 is 54.9 Å². The van der Waals surface area contributed by atoms with Crippen LogP contribution in [0.4, 0.5) is 0 Å². The van der Waals surface area contributed by atoms with Gasteiger partial charge in [0.2, 0.25) is 0 Å². The van der Waals surface area contributed by atoms with Gasteiger partial charge in [0.15, 0.2) is 0 Å². The summed E-state index contributed by atoms with van der Waals surface area (Å²) < 4.78 is 18.1. The summed E-state index contributed by atoms with van der Waals surface area (Å²) >= 11 is 1.85. The fourth-order valence-corrected chi connectivity index (χ4v) is 4.40. The minimum atomic E-state index is -0.389. The van der Waals surface area contributed by atoms with Crippen LogP contribution in [0.15, 0.2) is 47.3 Å². The topological polar surface area (TPSA) is 91.2 Å². The Bertz CT molecular complexity index is 1370. The van der Waals surface area contributed by atoms with E-state index in [1.54, 1.807) is 25.1 Å². The van der Waals surface area contributed by atoms with Gasteiger partial charge in [0, 0.05) is 10.8 Å². The van der Waals surface area contributed by atoms with E-state index in [9.17, 15) is 13.8 Å². The molecule has 0 bridgehead atoms. The van der Waals surface area contributed by atoms with Crippen molar-refractivity contribution in [3.8, 4) is 0 Å². The highest BCUT2D eigenvalue weighted by Gasteiger charge is 2.15. The minimum absolute atomic E-state index is 0.0134. The Morgan fingerprint density at radius 1 is 1.23 bits per heavy atom. The van der Waals surface area contributed by atoms with Crippen LogP contribution >= 0.6 is 11.3 Å². The molecule has 0 aliphatic rings. The Hall–Kier alpha value is -3.17. The molecule has 0 unspecified atom stereocenters. The van der Waals surface area contributed by atoms with E-state index in [0.29, 0.717) is 32.7 Å². The van der Waals surface area contributed by atoms with Crippen molar-refractivity contribution in [1.29, 1.82) is 0 Å². The van der Waals surface area contributed by atoms with E-state index in [4.69, 9.17) is 4.74 Å². The lowest BCUT2D eigenvalue weighted by molar-refractivity contribution is -0.142. The zero-order valence-electron chi connectivity index (χ0n) is 16.0. The number of fused-ring (bicyclic) bond motifs is 2. The highest BCUT2D eigenvalue weighted by atomic mass is 32.1. The molecule has 0 radical (unpaired) electrons. The van der Waals surface area contributed by atoms with E-state index in [1.807, 2.05) is 24.3 Å². The molecule has 0 saturated carbocycles. The average Bonchev–Trinajstić information content (AvgIpc) is 3.13. The standard InChI is InChI=1S/C21H17N3O4S2/c1-2-28-20(25)10-16-14-5-3-4-6-15(14)21(26)24(23-16)11-19-22-17-9-13(12-29-27)7-8-18(17)30-19/h3-9,12H,2,10-11H2,1H3. The Balaban J connectivity index is 1.76. The van der Waals surface area contributed by atoms with Gasteiger partial charge in [0.05, 0.1) is 52.1 Å². The maximum absolute atomic E-state index is 13.0. The molecule has 0 amide bonds. The van der Waals surface area contributed by atoms with Crippen LogP contribution in [-0.4, -0.2) is 36.9 Å². The number of aromatic nitrogens is 3. The van der Waals surface area contributed by atoms with Gasteiger partial charge in [-0.1, -0.05) is 24.3 Å². The summed E-state index contributed by atoms with van der Waals surface area (Å²) in [7, 11) is 0. The molecule has 7 nitrogen and oxygen atoms in total. The minimum Gasteiger partial charge on any atom is -0.466 e. The number of carbonyl (C=O) groups excluding carboxylic acids is 1. The lowest BCUT2D eigenvalue weighted by atomic mass is 10.1. The van der Waals surface area contributed by atoms with Crippen LogP contribution < -0.4 is 5.56 Å². The summed E-state index contributed by atoms with van der Waals surface area (Å²) in [5, 5.41) is 7.82. The Morgan fingerprint density at radius 2 is 2.03 bits per heavy atom. The number of benzene rings is 2. The number of ether oxygens (including phenoxy) is 1. The number of rotatable bonds is 6. The van der Waals surface area contributed by atoms with E-state index < -0.39 is 0 Å². The van der Waals surface area contributed by atoms with Crippen molar-refractivity contribution in [3.63, 3.8) is 0 Å². The van der Waals surface area contributed by atoms with Crippen LogP contribution in [0.5, 0.6) is 0 Å². The summed E-state index contributed by atoms with van der Waals surface area (Å²) in [6.45, 7) is 2.22. The summed E-state index contributed by atoms with van der Waals surface area (Å²) in [6.07, 6.45) is -0.0134. The third-order valence-corrected chi connectivity index (χ3v) is 5.88. The maximum Gasteiger partial charge on any atom is 0.311 e. The monoisotopic (exact) mass is 439 g/mol. The first kappa shape index (κ1) is 20.1. The van der Waals surface area contributed by atoms with Gasteiger partial charge in [-0.2, -0.15) is 5.10 Å². The van der Waals surface area contributed by atoms with Gasteiger partial charge in [-0.05, 0) is 30.7 Å². The lowest BCUT2D eigenvalue weighted by Crippen LogP contribution is -2.26. The second-order valence-electron chi connectivity index (χ2n) is 6.49. The van der Waals surface area contributed by atoms with Crippen molar-refractivity contribution in [2.45, 2.75) is 19.9 Å². The van der Waals surface area contributed by atoms with Gasteiger partial charge in [0.1, 0.15) is 5.01 Å². The molecule has 2 aromatic heterocycles. The summed E-state index contributed by atoms with van der Waals surface area (Å²) in [6, 6.07) is 12.7. The lowest BCUT2D eigenvalue weighted by Gasteiger charge is -2.10. The van der Waals surface area contributed by atoms with Crippen LogP contribution in [0.25, 0.3) is 21.0 Å². The largest absolute Gasteiger partial charge is 0.466 e.